The predicted octanol–water partition coefficient (Wildman–Crippen LogP) is 1.42. The van der Waals surface area contributed by atoms with Crippen molar-refractivity contribution in [3.63, 3.8) is 0 Å². The molecule has 1 heteroatoms. The molecule has 0 unspecified atom stereocenters. The minimum Gasteiger partial charge on any atom is -0.264 e. The fourth-order valence-corrected chi connectivity index (χ4v) is 0.467. The van der Waals surface area contributed by atoms with Crippen molar-refractivity contribution in [2.75, 3.05) is 0 Å². The Balaban J connectivity index is 2.99. The number of pyridine rings is 1. The summed E-state index contributed by atoms with van der Waals surface area (Å²) in [5, 5.41) is 0. The first-order valence-electron chi connectivity index (χ1n) is 2.36. The van der Waals surface area contributed by atoms with Gasteiger partial charge in [-0.15, -0.1) is 0 Å². The van der Waals surface area contributed by atoms with Crippen LogP contribution in [-0.2, 0) is 0 Å². The van der Waals surface area contributed by atoms with Crippen molar-refractivity contribution in [2.45, 2.75) is 0 Å². The van der Waals surface area contributed by atoms with Crippen LogP contribution in [0.3, 0.4) is 0 Å². The van der Waals surface area contributed by atoms with Crippen molar-refractivity contribution in [1.82, 2.24) is 4.98 Å². The average molecular weight is 104 g/mol. The molecule has 0 spiro atoms. The molecule has 1 radical (unpaired) electrons. The Morgan fingerprint density at radius 3 is 2.88 bits per heavy atom. The van der Waals surface area contributed by atoms with Gasteiger partial charge in [0.05, 0.1) is 0 Å². The summed E-state index contributed by atoms with van der Waals surface area (Å²) in [7, 11) is 0. The standard InChI is InChI=1S/C7H6N/c1-2-7-4-3-5-8-6-7/h3-6H,1H2. The van der Waals surface area contributed by atoms with E-state index in [2.05, 4.69) is 17.6 Å². The smallest absolute Gasteiger partial charge is 0.0346 e. The molecule has 1 heterocycles. The minimum atomic E-state index is 0.938. The van der Waals surface area contributed by atoms with Crippen molar-refractivity contribution in [3.05, 3.63) is 42.7 Å². The zero-order valence-electron chi connectivity index (χ0n) is 4.46. The van der Waals surface area contributed by atoms with Crippen LogP contribution >= 0.6 is 0 Å². The molecule has 0 fully saturated rings. The number of hydrogen-bond acceptors (Lipinski definition) is 1. The van der Waals surface area contributed by atoms with Gasteiger partial charge in [0, 0.05) is 12.4 Å². The lowest BCUT2D eigenvalue weighted by Crippen LogP contribution is -1.71. The molecule has 1 aromatic heterocycles. The first-order chi connectivity index (χ1) is 3.93. The van der Waals surface area contributed by atoms with Gasteiger partial charge in [0.25, 0.3) is 0 Å². The van der Waals surface area contributed by atoms with Gasteiger partial charge >= 0.3 is 0 Å². The van der Waals surface area contributed by atoms with Gasteiger partial charge in [0.1, 0.15) is 0 Å². The van der Waals surface area contributed by atoms with Crippen molar-refractivity contribution in [2.24, 2.45) is 0 Å². The largest absolute Gasteiger partial charge is 0.264 e. The Kier molecular flexibility index (Phi) is 1.42. The summed E-state index contributed by atoms with van der Waals surface area (Å²) in [4.78, 5) is 3.85. The van der Waals surface area contributed by atoms with E-state index in [1.807, 2.05) is 12.1 Å². The molecule has 0 aliphatic heterocycles. The quantitative estimate of drug-likeness (QED) is 0.525. The Labute approximate surface area is 48.7 Å². The molecule has 0 atom stereocenters. The van der Waals surface area contributed by atoms with Crippen LogP contribution in [0.1, 0.15) is 5.56 Å². The molecule has 1 rings (SSSR count). The maximum absolute atomic E-state index is 3.85. The van der Waals surface area contributed by atoms with Crippen molar-refractivity contribution >= 4 is 0 Å². The second kappa shape index (κ2) is 2.26. The van der Waals surface area contributed by atoms with Gasteiger partial charge in [0.2, 0.25) is 0 Å². The van der Waals surface area contributed by atoms with Crippen LogP contribution in [0.4, 0.5) is 0 Å². The lowest BCUT2D eigenvalue weighted by Gasteiger charge is -1.83. The van der Waals surface area contributed by atoms with Crippen molar-refractivity contribution < 1.29 is 0 Å². The highest BCUT2D eigenvalue weighted by molar-refractivity contribution is 5.14. The summed E-state index contributed by atoms with van der Waals surface area (Å²) in [6.07, 6.45) is 6.15. The van der Waals surface area contributed by atoms with E-state index < -0.39 is 0 Å². The lowest BCUT2D eigenvalue weighted by molar-refractivity contribution is 1.30. The van der Waals surface area contributed by atoms with Crippen LogP contribution in [0, 0.1) is 6.08 Å². The summed E-state index contributed by atoms with van der Waals surface area (Å²) >= 11 is 0. The molecule has 0 saturated heterocycles. The van der Waals surface area contributed by atoms with E-state index in [0.717, 1.165) is 5.56 Å². The first kappa shape index (κ1) is 5.04. The predicted molar refractivity (Wildman–Crippen MR) is 32.2 cm³/mol. The molecule has 0 N–H and O–H groups in total. The van der Waals surface area contributed by atoms with Crippen LogP contribution in [0.2, 0.25) is 0 Å². The minimum absolute atomic E-state index is 0.938. The molecule has 39 valence electrons. The molecule has 0 saturated carbocycles. The molecule has 0 amide bonds. The van der Waals surface area contributed by atoms with Crippen molar-refractivity contribution in [3.8, 4) is 0 Å². The third-order valence-electron chi connectivity index (χ3n) is 0.866. The van der Waals surface area contributed by atoms with Gasteiger partial charge in [0.15, 0.2) is 0 Å². The fraction of sp³-hybridized carbons (Fsp3) is 0. The van der Waals surface area contributed by atoms with E-state index in [-0.39, 0.29) is 0 Å². The third-order valence-corrected chi connectivity index (χ3v) is 0.866. The monoisotopic (exact) mass is 104 g/mol. The number of hydrogen-bond donors (Lipinski definition) is 0. The van der Waals surface area contributed by atoms with E-state index in [4.69, 9.17) is 0 Å². The topological polar surface area (TPSA) is 12.9 Å². The normalized spacial score (nSPS) is 8.50. The van der Waals surface area contributed by atoms with Gasteiger partial charge < -0.3 is 0 Å². The fourth-order valence-electron chi connectivity index (χ4n) is 0.467. The molecular formula is C7H6N. The van der Waals surface area contributed by atoms with Gasteiger partial charge in [-0.2, -0.15) is 0 Å². The van der Waals surface area contributed by atoms with E-state index in [1.165, 1.54) is 0 Å². The number of aromatic nitrogens is 1. The zero-order valence-corrected chi connectivity index (χ0v) is 4.46. The first-order valence-corrected chi connectivity index (χ1v) is 2.36. The van der Waals surface area contributed by atoms with E-state index in [9.17, 15) is 0 Å². The summed E-state index contributed by atoms with van der Waals surface area (Å²) < 4.78 is 0. The van der Waals surface area contributed by atoms with E-state index >= 15 is 0 Å². The van der Waals surface area contributed by atoms with Crippen LogP contribution in [-0.4, -0.2) is 4.98 Å². The number of nitrogens with zero attached hydrogens (tertiary/aromatic N) is 1. The molecule has 0 bridgehead atoms. The highest BCUT2D eigenvalue weighted by atomic mass is 14.6. The zero-order chi connectivity index (χ0) is 5.82. The molecule has 0 aliphatic rings. The lowest BCUT2D eigenvalue weighted by atomic mass is 10.3. The average Bonchev–Trinajstić information content (AvgIpc) is 1.90. The Morgan fingerprint density at radius 2 is 2.50 bits per heavy atom. The maximum Gasteiger partial charge on any atom is 0.0346 e. The second-order valence-electron chi connectivity index (χ2n) is 1.42. The van der Waals surface area contributed by atoms with Crippen LogP contribution in [0.15, 0.2) is 31.1 Å². The summed E-state index contributed by atoms with van der Waals surface area (Å²) in [6, 6.07) is 3.76. The van der Waals surface area contributed by atoms with Crippen LogP contribution < -0.4 is 0 Å². The molecule has 8 heavy (non-hydrogen) atoms. The van der Waals surface area contributed by atoms with Gasteiger partial charge in [-0.05, 0) is 17.7 Å². The van der Waals surface area contributed by atoms with E-state index in [0.29, 0.717) is 0 Å². The van der Waals surface area contributed by atoms with Crippen LogP contribution in [0.25, 0.3) is 0 Å². The van der Waals surface area contributed by atoms with Gasteiger partial charge in [-0.1, -0.05) is 12.6 Å². The van der Waals surface area contributed by atoms with Crippen LogP contribution in [0.5, 0.6) is 0 Å². The molecule has 1 aromatic rings. The SMILES string of the molecule is C=[C]c1cccnc1. The Bertz CT molecular complexity index is 167. The van der Waals surface area contributed by atoms with Crippen molar-refractivity contribution in [1.29, 1.82) is 0 Å². The van der Waals surface area contributed by atoms with E-state index in [1.54, 1.807) is 12.4 Å². The second-order valence-corrected chi connectivity index (χ2v) is 1.42. The highest BCUT2D eigenvalue weighted by Crippen LogP contribution is 1.91. The summed E-state index contributed by atoms with van der Waals surface area (Å²) in [6.45, 7) is 3.47. The third kappa shape index (κ3) is 0.936. The maximum atomic E-state index is 3.85. The van der Waals surface area contributed by atoms with Gasteiger partial charge in [-0.25, -0.2) is 0 Å². The summed E-state index contributed by atoms with van der Waals surface area (Å²) in [5.74, 6) is 0. The number of rotatable bonds is 1. The van der Waals surface area contributed by atoms with Gasteiger partial charge in [-0.3, -0.25) is 4.98 Å². The molecular weight excluding hydrogens is 98.1 g/mol. The Morgan fingerprint density at radius 1 is 1.62 bits per heavy atom. The Hall–Kier alpha value is -1.11. The highest BCUT2D eigenvalue weighted by Gasteiger charge is 1.77. The summed E-state index contributed by atoms with van der Waals surface area (Å²) in [5.41, 5.74) is 0.938. The molecule has 0 aliphatic carbocycles. The molecule has 0 aromatic carbocycles. The molecule has 1 nitrogen and oxygen atoms in total.